The SMILES string of the molecule is CC12CCN(CC1)c1cc(NSCCO)ccc1-c1nnc(o1)-c1ccnc(c1)N1CCCC(C1)C(=O)N(C1CC1)C2. The van der Waals surface area contributed by atoms with E-state index in [0.29, 0.717) is 36.0 Å². The Kier molecular flexibility index (Phi) is 7.47. The molecule has 11 heteroatoms. The molecule has 2 N–H and O–H groups in total. The Labute approximate surface area is 251 Å². The molecular weight excluding hydrogens is 550 g/mol. The van der Waals surface area contributed by atoms with Crippen LogP contribution in [0.25, 0.3) is 22.9 Å². The maximum Gasteiger partial charge on any atom is 0.250 e. The first-order valence-electron chi connectivity index (χ1n) is 15.2. The van der Waals surface area contributed by atoms with Gasteiger partial charge in [0, 0.05) is 62.0 Å². The fraction of sp³-hybridized carbons (Fsp3) is 0.548. The van der Waals surface area contributed by atoms with Crippen LogP contribution < -0.4 is 14.5 Å². The molecule has 2 aromatic heterocycles. The predicted molar refractivity (Wildman–Crippen MR) is 165 cm³/mol. The summed E-state index contributed by atoms with van der Waals surface area (Å²) in [6.45, 7) is 6.65. The number of aliphatic hydroxyl groups is 1. The van der Waals surface area contributed by atoms with E-state index in [-0.39, 0.29) is 17.9 Å². The van der Waals surface area contributed by atoms with Gasteiger partial charge in [0.05, 0.1) is 23.8 Å². The third-order valence-electron chi connectivity index (χ3n) is 9.26. The lowest BCUT2D eigenvalue weighted by atomic mass is 9.79. The maximum atomic E-state index is 14.1. The third-order valence-corrected chi connectivity index (χ3v) is 10.0. The molecule has 3 aromatic rings. The molecule has 1 unspecified atom stereocenters. The number of hydrogen-bond acceptors (Lipinski definition) is 10. The van der Waals surface area contributed by atoms with E-state index in [4.69, 9.17) is 4.42 Å². The molecule has 222 valence electrons. The normalized spacial score (nSPS) is 24.3. The van der Waals surface area contributed by atoms with Gasteiger partial charge in [-0.15, -0.1) is 10.2 Å². The van der Waals surface area contributed by atoms with Gasteiger partial charge in [-0.2, -0.15) is 0 Å². The van der Waals surface area contributed by atoms with Gasteiger partial charge in [-0.3, -0.25) is 4.79 Å². The molecule has 2 saturated heterocycles. The van der Waals surface area contributed by atoms with Crippen LogP contribution in [0, 0.1) is 11.3 Å². The zero-order chi connectivity index (χ0) is 28.7. The highest BCUT2D eigenvalue weighted by Crippen LogP contribution is 2.42. The van der Waals surface area contributed by atoms with Crippen molar-refractivity contribution in [3.63, 3.8) is 0 Å². The van der Waals surface area contributed by atoms with Gasteiger partial charge in [-0.05, 0) is 74.3 Å². The molecule has 1 aromatic carbocycles. The molecule has 6 heterocycles. The number of aromatic nitrogens is 3. The van der Waals surface area contributed by atoms with E-state index in [9.17, 15) is 9.90 Å². The molecule has 5 aliphatic rings. The quantitative estimate of drug-likeness (QED) is 0.322. The van der Waals surface area contributed by atoms with Crippen molar-refractivity contribution >= 4 is 35.0 Å². The van der Waals surface area contributed by atoms with Gasteiger partial charge in [0.1, 0.15) is 5.82 Å². The molecule has 1 saturated carbocycles. The summed E-state index contributed by atoms with van der Waals surface area (Å²) < 4.78 is 9.67. The summed E-state index contributed by atoms with van der Waals surface area (Å²) >= 11 is 1.48. The van der Waals surface area contributed by atoms with Crippen molar-refractivity contribution in [1.29, 1.82) is 0 Å². The van der Waals surface area contributed by atoms with Gasteiger partial charge in [-0.1, -0.05) is 18.9 Å². The fourth-order valence-corrected chi connectivity index (χ4v) is 7.13. The van der Waals surface area contributed by atoms with Crippen LogP contribution in [0.3, 0.4) is 0 Å². The Hall–Kier alpha value is -3.31. The summed E-state index contributed by atoms with van der Waals surface area (Å²) in [5.41, 5.74) is 3.80. The predicted octanol–water partition coefficient (Wildman–Crippen LogP) is 4.68. The van der Waals surface area contributed by atoms with Crippen LogP contribution in [0.1, 0.15) is 45.4 Å². The van der Waals surface area contributed by atoms with Crippen molar-refractivity contribution < 1.29 is 14.3 Å². The minimum Gasteiger partial charge on any atom is -0.416 e. The maximum absolute atomic E-state index is 14.1. The second-order valence-electron chi connectivity index (χ2n) is 12.5. The first kappa shape index (κ1) is 27.5. The second-order valence-corrected chi connectivity index (χ2v) is 13.4. The lowest BCUT2D eigenvalue weighted by Crippen LogP contribution is -2.51. The Morgan fingerprint density at radius 2 is 1.90 bits per heavy atom. The highest BCUT2D eigenvalue weighted by molar-refractivity contribution is 8.00. The molecule has 10 nitrogen and oxygen atoms in total. The number of nitrogens with one attached hydrogen (secondary N) is 1. The van der Waals surface area contributed by atoms with Crippen LogP contribution in [0.15, 0.2) is 40.9 Å². The molecule has 4 aliphatic heterocycles. The first-order valence-corrected chi connectivity index (χ1v) is 16.2. The van der Waals surface area contributed by atoms with Crippen molar-refractivity contribution in [3.8, 4) is 22.9 Å². The highest BCUT2D eigenvalue weighted by Gasteiger charge is 2.42. The number of amides is 1. The molecule has 8 bridgehead atoms. The molecule has 3 fully saturated rings. The molecule has 0 spiro atoms. The number of carbonyl (C=O) groups excluding carboxylic acids is 1. The van der Waals surface area contributed by atoms with E-state index < -0.39 is 0 Å². The lowest BCUT2D eigenvalue weighted by molar-refractivity contribution is -0.138. The number of hydrogen-bond donors (Lipinski definition) is 2. The van der Waals surface area contributed by atoms with Crippen molar-refractivity contribution in [2.45, 2.75) is 51.5 Å². The summed E-state index contributed by atoms with van der Waals surface area (Å²) in [5.74, 6) is 2.71. The van der Waals surface area contributed by atoms with E-state index in [0.717, 1.165) is 93.0 Å². The van der Waals surface area contributed by atoms with Gasteiger partial charge in [0.15, 0.2) is 0 Å². The van der Waals surface area contributed by atoms with E-state index in [1.807, 2.05) is 24.3 Å². The van der Waals surface area contributed by atoms with E-state index in [2.05, 4.69) is 47.6 Å². The third kappa shape index (κ3) is 5.56. The molecule has 1 aliphatic carbocycles. The van der Waals surface area contributed by atoms with Crippen LogP contribution in [0.5, 0.6) is 0 Å². The van der Waals surface area contributed by atoms with Crippen LogP contribution in [0.4, 0.5) is 17.2 Å². The number of benzene rings is 1. The molecule has 42 heavy (non-hydrogen) atoms. The van der Waals surface area contributed by atoms with E-state index in [1.54, 1.807) is 6.20 Å². The second kappa shape index (κ2) is 11.4. The van der Waals surface area contributed by atoms with E-state index in [1.165, 1.54) is 11.9 Å². The van der Waals surface area contributed by atoms with Crippen molar-refractivity contribution in [2.24, 2.45) is 11.3 Å². The van der Waals surface area contributed by atoms with E-state index >= 15 is 0 Å². The Morgan fingerprint density at radius 1 is 1.07 bits per heavy atom. The van der Waals surface area contributed by atoms with Crippen LogP contribution in [-0.2, 0) is 4.79 Å². The van der Waals surface area contributed by atoms with Gasteiger partial charge in [-0.25, -0.2) is 4.98 Å². The smallest absolute Gasteiger partial charge is 0.250 e. The van der Waals surface area contributed by atoms with Crippen molar-refractivity contribution in [1.82, 2.24) is 20.1 Å². The van der Waals surface area contributed by atoms with Crippen molar-refractivity contribution in [3.05, 3.63) is 36.5 Å². The number of nitrogens with zero attached hydrogens (tertiary/aromatic N) is 6. The minimum absolute atomic E-state index is 0.0103. The van der Waals surface area contributed by atoms with Crippen molar-refractivity contribution in [2.75, 3.05) is 59.6 Å². The Bertz CT molecular complexity index is 1440. The number of aliphatic hydroxyl groups excluding tert-OH is 1. The summed E-state index contributed by atoms with van der Waals surface area (Å²) in [7, 11) is 0. The molecule has 0 radical (unpaired) electrons. The molecule has 1 atom stereocenters. The summed E-state index contributed by atoms with van der Waals surface area (Å²) in [4.78, 5) is 25.7. The average Bonchev–Trinajstić information content (AvgIpc) is 3.75. The zero-order valence-electron chi connectivity index (χ0n) is 24.2. The molecular formula is C31H39N7O3S. The first-order chi connectivity index (χ1) is 20.5. The minimum atomic E-state index is -0.0103. The largest absolute Gasteiger partial charge is 0.416 e. The molecule has 8 rings (SSSR count). The zero-order valence-corrected chi connectivity index (χ0v) is 25.0. The van der Waals surface area contributed by atoms with Crippen LogP contribution in [0.2, 0.25) is 0 Å². The van der Waals surface area contributed by atoms with Gasteiger partial charge >= 0.3 is 0 Å². The Morgan fingerprint density at radius 3 is 2.71 bits per heavy atom. The van der Waals surface area contributed by atoms with Gasteiger partial charge < -0.3 is 28.9 Å². The number of carbonyl (C=O) groups is 1. The number of fused-ring (bicyclic) bond motifs is 4. The number of piperidine rings is 2. The molecule has 1 amide bonds. The van der Waals surface area contributed by atoms with Gasteiger partial charge in [0.25, 0.3) is 0 Å². The fourth-order valence-electron chi connectivity index (χ4n) is 6.64. The average molecular weight is 590 g/mol. The number of pyridine rings is 1. The topological polar surface area (TPSA) is 111 Å². The summed E-state index contributed by atoms with van der Waals surface area (Å²) in [5, 5.41) is 18.2. The number of rotatable bonds is 5. The summed E-state index contributed by atoms with van der Waals surface area (Å²) in [6.07, 6.45) is 7.94. The standard InChI is InChI=1S/C31H39N7O3S/c1-31-9-13-36(14-10-31)26-18-23(35-42-16-15-39)4-7-25(26)29-34-33-28(41-29)21-8-11-32-27(17-21)37-12-2-3-22(19-37)30(40)38(20-31)24-5-6-24/h4,7-8,11,17-18,22,24,35,39H,2-3,5-6,9-10,12-16,19-20H2,1H3. The van der Waals surface area contributed by atoms with Crippen LogP contribution in [-0.4, -0.2) is 82.2 Å². The van der Waals surface area contributed by atoms with Crippen LogP contribution >= 0.6 is 11.9 Å². The summed E-state index contributed by atoms with van der Waals surface area (Å²) in [6, 6.07) is 10.5. The Balaban J connectivity index is 1.28. The monoisotopic (exact) mass is 589 g/mol. The number of anilines is 3. The highest BCUT2D eigenvalue weighted by atomic mass is 32.2. The van der Waals surface area contributed by atoms with Gasteiger partial charge in [0.2, 0.25) is 17.7 Å². The lowest BCUT2D eigenvalue weighted by Gasteiger charge is -2.44.